The topological polar surface area (TPSA) is 69.4 Å². The van der Waals surface area contributed by atoms with E-state index in [0.717, 1.165) is 5.56 Å². The van der Waals surface area contributed by atoms with Gasteiger partial charge in [0.05, 0.1) is 13.0 Å². The number of carbonyl (C=O) groups excluding carboxylic acids is 1. The van der Waals surface area contributed by atoms with Gasteiger partial charge in [-0.3, -0.25) is 14.9 Å². The lowest BCUT2D eigenvalue weighted by Gasteiger charge is -2.28. The highest BCUT2D eigenvalue weighted by atomic mass is 16.6. The van der Waals surface area contributed by atoms with E-state index in [0.29, 0.717) is 24.2 Å². The molecule has 0 amide bonds. The predicted octanol–water partition coefficient (Wildman–Crippen LogP) is 2.95. The van der Waals surface area contributed by atoms with Gasteiger partial charge in [-0.05, 0) is 18.9 Å². The summed E-state index contributed by atoms with van der Waals surface area (Å²) in [6, 6.07) is 9.26. The van der Waals surface area contributed by atoms with Gasteiger partial charge < -0.3 is 4.74 Å². The molecule has 0 bridgehead atoms. The van der Waals surface area contributed by atoms with Gasteiger partial charge in [0, 0.05) is 22.8 Å². The summed E-state index contributed by atoms with van der Waals surface area (Å²) in [6.07, 6.45) is 1.24. The van der Waals surface area contributed by atoms with Crippen molar-refractivity contribution in [2.75, 3.05) is 13.7 Å². The molecule has 0 spiro atoms. The molecule has 1 aliphatic carbocycles. The number of carbonyl (C=O) groups is 1. The third-order valence-corrected chi connectivity index (χ3v) is 4.11. The summed E-state index contributed by atoms with van der Waals surface area (Å²) in [7, 11) is 1.55. The molecule has 0 saturated heterocycles. The molecule has 0 N–H and O–H groups in total. The molecule has 0 fully saturated rings. The standard InChI is InChI=1S/C16H19NO4/c1-11-15(21-2)9-8-13(16(11)18)14(10-17(19)20)12-6-4-3-5-7-12/h3-7,13-14H,8-10H2,1-2H3. The molecular formula is C16H19NO4. The van der Waals surface area contributed by atoms with Crippen LogP contribution in [-0.2, 0) is 9.53 Å². The minimum absolute atomic E-state index is 0.0335. The molecule has 0 aromatic heterocycles. The van der Waals surface area contributed by atoms with Gasteiger partial charge in [0.1, 0.15) is 5.76 Å². The highest BCUT2D eigenvalue weighted by molar-refractivity contribution is 5.98. The maximum absolute atomic E-state index is 12.5. The van der Waals surface area contributed by atoms with Gasteiger partial charge in [-0.15, -0.1) is 0 Å². The van der Waals surface area contributed by atoms with Crippen molar-refractivity contribution in [3.05, 3.63) is 57.3 Å². The van der Waals surface area contributed by atoms with Crippen molar-refractivity contribution in [3.8, 4) is 0 Å². The highest BCUT2D eigenvalue weighted by Gasteiger charge is 2.37. The van der Waals surface area contributed by atoms with Gasteiger partial charge in [-0.25, -0.2) is 0 Å². The minimum Gasteiger partial charge on any atom is -0.501 e. The van der Waals surface area contributed by atoms with E-state index in [9.17, 15) is 14.9 Å². The fraction of sp³-hybridized carbons (Fsp3) is 0.438. The fourth-order valence-electron chi connectivity index (χ4n) is 2.99. The lowest BCUT2D eigenvalue weighted by atomic mass is 9.75. The number of benzene rings is 1. The molecule has 21 heavy (non-hydrogen) atoms. The highest BCUT2D eigenvalue weighted by Crippen LogP contribution is 2.36. The number of hydrogen-bond acceptors (Lipinski definition) is 4. The zero-order chi connectivity index (χ0) is 15.4. The van der Waals surface area contributed by atoms with Crippen LogP contribution in [0.4, 0.5) is 0 Å². The molecule has 0 aliphatic heterocycles. The largest absolute Gasteiger partial charge is 0.501 e. The van der Waals surface area contributed by atoms with Crippen molar-refractivity contribution in [1.82, 2.24) is 0 Å². The molecule has 112 valence electrons. The second kappa shape index (κ2) is 6.52. The van der Waals surface area contributed by atoms with Crippen molar-refractivity contribution in [1.29, 1.82) is 0 Å². The zero-order valence-corrected chi connectivity index (χ0v) is 12.2. The molecule has 5 heteroatoms. The van der Waals surface area contributed by atoms with Crippen LogP contribution in [-0.4, -0.2) is 24.4 Å². The van der Waals surface area contributed by atoms with E-state index in [-0.39, 0.29) is 29.1 Å². The Morgan fingerprint density at radius 1 is 1.38 bits per heavy atom. The zero-order valence-electron chi connectivity index (χ0n) is 12.2. The summed E-state index contributed by atoms with van der Waals surface area (Å²) in [6.45, 7) is 1.51. The molecule has 2 unspecified atom stereocenters. The first-order valence-electron chi connectivity index (χ1n) is 6.99. The van der Waals surface area contributed by atoms with Crippen molar-refractivity contribution in [2.24, 2.45) is 5.92 Å². The monoisotopic (exact) mass is 289 g/mol. The second-order valence-electron chi connectivity index (χ2n) is 5.29. The first-order chi connectivity index (χ1) is 10.0. The van der Waals surface area contributed by atoms with Crippen molar-refractivity contribution in [2.45, 2.75) is 25.7 Å². The maximum Gasteiger partial charge on any atom is 0.211 e. The van der Waals surface area contributed by atoms with Crippen LogP contribution >= 0.6 is 0 Å². The molecule has 0 saturated carbocycles. The van der Waals surface area contributed by atoms with Crippen LogP contribution in [0.25, 0.3) is 0 Å². The van der Waals surface area contributed by atoms with Crippen LogP contribution in [0, 0.1) is 16.0 Å². The normalized spacial score (nSPS) is 20.3. The van der Waals surface area contributed by atoms with Crippen LogP contribution in [0.2, 0.25) is 0 Å². The Bertz CT molecular complexity index is 565. The van der Waals surface area contributed by atoms with E-state index >= 15 is 0 Å². The predicted molar refractivity (Wildman–Crippen MR) is 78.5 cm³/mol. The number of rotatable bonds is 5. The Labute approximate surface area is 123 Å². The molecule has 2 rings (SSSR count). The molecule has 0 radical (unpaired) electrons. The fourth-order valence-corrected chi connectivity index (χ4v) is 2.99. The molecule has 0 heterocycles. The SMILES string of the molecule is COC1=C(C)C(=O)C(C(C[N+](=O)[O-])c2ccccc2)CC1. The molecule has 1 aliphatic rings. The number of allylic oxidation sites excluding steroid dienone is 2. The Balaban J connectivity index is 2.33. The number of nitrogens with zero attached hydrogens (tertiary/aromatic N) is 1. The van der Waals surface area contributed by atoms with Crippen molar-refractivity contribution >= 4 is 5.78 Å². The smallest absolute Gasteiger partial charge is 0.211 e. The van der Waals surface area contributed by atoms with Crippen LogP contribution in [0.1, 0.15) is 31.2 Å². The number of Topliss-reactive ketones (excluding diaryl/α,β-unsaturated/α-hetero) is 1. The van der Waals surface area contributed by atoms with Gasteiger partial charge in [-0.1, -0.05) is 30.3 Å². The quantitative estimate of drug-likeness (QED) is 0.617. The average molecular weight is 289 g/mol. The summed E-state index contributed by atoms with van der Waals surface area (Å²) < 4.78 is 5.21. The van der Waals surface area contributed by atoms with E-state index in [2.05, 4.69) is 0 Å². The van der Waals surface area contributed by atoms with Crippen LogP contribution in [0.5, 0.6) is 0 Å². The lowest BCUT2D eigenvalue weighted by molar-refractivity contribution is -0.484. The number of ketones is 1. The first-order valence-corrected chi connectivity index (χ1v) is 6.99. The van der Waals surface area contributed by atoms with E-state index in [4.69, 9.17) is 4.74 Å². The number of methoxy groups -OCH3 is 1. The summed E-state index contributed by atoms with van der Waals surface area (Å²) in [5, 5.41) is 11.0. The summed E-state index contributed by atoms with van der Waals surface area (Å²) >= 11 is 0. The molecule has 5 nitrogen and oxygen atoms in total. The van der Waals surface area contributed by atoms with Crippen LogP contribution in [0.3, 0.4) is 0 Å². The van der Waals surface area contributed by atoms with Gasteiger partial charge in [0.25, 0.3) is 0 Å². The van der Waals surface area contributed by atoms with Gasteiger partial charge in [0.2, 0.25) is 6.54 Å². The third kappa shape index (κ3) is 3.29. The average Bonchev–Trinajstić information content (AvgIpc) is 2.49. The first kappa shape index (κ1) is 15.2. The second-order valence-corrected chi connectivity index (χ2v) is 5.29. The van der Waals surface area contributed by atoms with Crippen molar-refractivity contribution in [3.63, 3.8) is 0 Å². The van der Waals surface area contributed by atoms with Crippen LogP contribution < -0.4 is 0 Å². The van der Waals surface area contributed by atoms with Gasteiger partial charge in [-0.2, -0.15) is 0 Å². The minimum atomic E-state index is -0.387. The summed E-state index contributed by atoms with van der Waals surface area (Å²) in [5.74, 6) is -0.0725. The van der Waals surface area contributed by atoms with E-state index in [1.54, 1.807) is 14.0 Å². The van der Waals surface area contributed by atoms with Crippen molar-refractivity contribution < 1.29 is 14.5 Å². The van der Waals surface area contributed by atoms with Crippen LogP contribution in [0.15, 0.2) is 41.7 Å². The number of hydrogen-bond donors (Lipinski definition) is 0. The maximum atomic E-state index is 12.5. The molecule has 1 aromatic carbocycles. The lowest BCUT2D eigenvalue weighted by Crippen LogP contribution is -2.31. The number of nitro groups is 1. The molecule has 1 aromatic rings. The van der Waals surface area contributed by atoms with Gasteiger partial charge >= 0.3 is 0 Å². The van der Waals surface area contributed by atoms with E-state index in [1.807, 2.05) is 30.3 Å². The Kier molecular flexibility index (Phi) is 4.73. The van der Waals surface area contributed by atoms with E-state index in [1.165, 1.54) is 0 Å². The summed E-state index contributed by atoms with van der Waals surface area (Å²) in [4.78, 5) is 23.2. The Morgan fingerprint density at radius 2 is 2.05 bits per heavy atom. The number of ether oxygens (including phenoxy) is 1. The molecule has 2 atom stereocenters. The third-order valence-electron chi connectivity index (χ3n) is 4.11. The summed E-state index contributed by atoms with van der Waals surface area (Å²) in [5.41, 5.74) is 1.44. The Hall–Kier alpha value is -2.17. The molecular weight excluding hydrogens is 270 g/mol. The van der Waals surface area contributed by atoms with Gasteiger partial charge in [0.15, 0.2) is 5.78 Å². The van der Waals surface area contributed by atoms with E-state index < -0.39 is 0 Å². The Morgan fingerprint density at radius 3 is 2.62 bits per heavy atom.